The zero-order valence-corrected chi connectivity index (χ0v) is 15.8. The molecule has 1 heterocycles. The Kier molecular flexibility index (Phi) is 5.49. The van der Waals surface area contributed by atoms with E-state index in [1.165, 1.54) is 40.3 Å². The van der Waals surface area contributed by atoms with Gasteiger partial charge in [-0.05, 0) is 23.8 Å². The van der Waals surface area contributed by atoms with Gasteiger partial charge in [0.2, 0.25) is 0 Å². The molecule has 0 radical (unpaired) electrons. The third-order valence-electron chi connectivity index (χ3n) is 3.71. The smallest absolute Gasteiger partial charge is 0.260 e. The van der Waals surface area contributed by atoms with Crippen molar-refractivity contribution in [2.75, 3.05) is 13.1 Å². The normalized spacial score (nSPS) is 14.3. The molecule has 0 saturated carbocycles. The number of halogens is 1. The highest BCUT2D eigenvalue weighted by atomic mass is 35.5. The molecule has 1 aliphatic rings. The molecule has 0 N–H and O–H groups in total. The van der Waals surface area contributed by atoms with Crippen LogP contribution in [0.15, 0.2) is 58.4 Å². The number of nitro benzene ring substituents is 1. The minimum Gasteiger partial charge on any atom is -0.260 e. The Morgan fingerprint density at radius 2 is 1.88 bits per heavy atom. The highest BCUT2D eigenvalue weighted by molar-refractivity contribution is 8.14. The Labute approximate surface area is 159 Å². The van der Waals surface area contributed by atoms with E-state index < -0.39 is 14.9 Å². The summed E-state index contributed by atoms with van der Waals surface area (Å²) < 4.78 is 26.9. The molecule has 2 aromatic rings. The lowest BCUT2D eigenvalue weighted by atomic mass is 10.2. The summed E-state index contributed by atoms with van der Waals surface area (Å²) in [7, 11) is -3.82. The fourth-order valence-corrected chi connectivity index (χ4v) is 5.38. The largest absolute Gasteiger partial charge is 0.269 e. The first-order chi connectivity index (χ1) is 12.4. The summed E-state index contributed by atoms with van der Waals surface area (Å²) in [6.45, 7) is 0.612. The lowest BCUT2D eigenvalue weighted by Crippen LogP contribution is -2.32. The number of aliphatic imine (C=N–C) groups is 1. The van der Waals surface area contributed by atoms with Gasteiger partial charge < -0.3 is 0 Å². The molecular weight excluding hydrogens is 398 g/mol. The van der Waals surface area contributed by atoms with Crippen molar-refractivity contribution in [3.05, 3.63) is 69.2 Å². The summed E-state index contributed by atoms with van der Waals surface area (Å²) in [4.78, 5) is 14.4. The Hall–Kier alpha value is -2.10. The van der Waals surface area contributed by atoms with Crippen molar-refractivity contribution in [1.29, 1.82) is 0 Å². The van der Waals surface area contributed by atoms with Gasteiger partial charge in [-0.3, -0.25) is 15.1 Å². The number of hydrogen-bond acceptors (Lipinski definition) is 6. The average Bonchev–Trinajstić information content (AvgIpc) is 3.10. The van der Waals surface area contributed by atoms with Crippen molar-refractivity contribution < 1.29 is 13.3 Å². The number of rotatable bonds is 5. The van der Waals surface area contributed by atoms with E-state index in [4.69, 9.17) is 11.6 Å². The molecule has 0 bridgehead atoms. The van der Waals surface area contributed by atoms with Gasteiger partial charge in [-0.2, -0.15) is 0 Å². The van der Waals surface area contributed by atoms with Crippen molar-refractivity contribution in [1.82, 2.24) is 4.31 Å². The number of non-ortho nitro benzene ring substituents is 1. The molecule has 7 nitrogen and oxygen atoms in total. The number of amidine groups is 1. The Morgan fingerprint density at radius 3 is 2.54 bits per heavy atom. The molecule has 0 saturated heterocycles. The minimum absolute atomic E-state index is 0.00366. The first kappa shape index (κ1) is 18.7. The van der Waals surface area contributed by atoms with Gasteiger partial charge >= 0.3 is 0 Å². The summed E-state index contributed by atoms with van der Waals surface area (Å²) >= 11 is 7.43. The highest BCUT2D eigenvalue weighted by Crippen LogP contribution is 2.28. The van der Waals surface area contributed by atoms with Crippen molar-refractivity contribution in [2.45, 2.75) is 10.6 Å². The molecule has 0 amide bonds. The number of nitro groups is 1. The molecule has 0 aromatic heterocycles. The number of sulfonamides is 1. The van der Waals surface area contributed by atoms with Crippen LogP contribution in [-0.2, 0) is 15.8 Å². The van der Waals surface area contributed by atoms with E-state index >= 15 is 0 Å². The maximum Gasteiger partial charge on any atom is 0.269 e. The minimum atomic E-state index is -3.82. The molecule has 26 heavy (non-hydrogen) atoms. The fraction of sp³-hybridized carbons (Fsp3) is 0.188. The summed E-state index contributed by atoms with van der Waals surface area (Å²) in [6, 6.07) is 12.2. The first-order valence-corrected chi connectivity index (χ1v) is 10.4. The Bertz CT molecular complexity index is 962. The number of thioether (sulfide) groups is 1. The zero-order chi connectivity index (χ0) is 18.7. The van der Waals surface area contributed by atoms with E-state index in [1.54, 1.807) is 6.07 Å². The maximum atomic E-state index is 12.8. The topological polar surface area (TPSA) is 92.9 Å². The molecule has 0 fully saturated rings. The van der Waals surface area contributed by atoms with Gasteiger partial charge in [0, 0.05) is 22.9 Å². The summed E-state index contributed by atoms with van der Waals surface area (Å²) in [5.41, 5.74) is 0.730. The van der Waals surface area contributed by atoms with Crippen LogP contribution >= 0.6 is 23.4 Å². The van der Waals surface area contributed by atoms with Crippen LogP contribution in [0.25, 0.3) is 0 Å². The second-order valence-electron chi connectivity index (χ2n) is 5.37. The second kappa shape index (κ2) is 7.65. The summed E-state index contributed by atoms with van der Waals surface area (Å²) in [5.74, 6) is 0.491. The van der Waals surface area contributed by atoms with E-state index in [9.17, 15) is 18.5 Å². The van der Waals surface area contributed by atoms with Crippen LogP contribution in [0.5, 0.6) is 0 Å². The van der Waals surface area contributed by atoms with E-state index in [1.807, 2.05) is 18.2 Å². The van der Waals surface area contributed by atoms with Gasteiger partial charge in [0.1, 0.15) is 0 Å². The van der Waals surface area contributed by atoms with E-state index in [0.717, 1.165) is 5.56 Å². The quantitative estimate of drug-likeness (QED) is 0.554. The lowest BCUT2D eigenvalue weighted by molar-refractivity contribution is -0.384. The van der Waals surface area contributed by atoms with Crippen LogP contribution in [0.2, 0.25) is 5.02 Å². The number of nitrogens with zero attached hydrogens (tertiary/aromatic N) is 3. The second-order valence-corrected chi connectivity index (χ2v) is 8.58. The highest BCUT2D eigenvalue weighted by Gasteiger charge is 2.31. The average molecular weight is 412 g/mol. The van der Waals surface area contributed by atoms with E-state index in [0.29, 0.717) is 22.5 Å². The Balaban J connectivity index is 1.78. The molecule has 0 unspecified atom stereocenters. The molecule has 0 atom stereocenters. The van der Waals surface area contributed by atoms with Gasteiger partial charge in [0.25, 0.3) is 15.7 Å². The molecule has 1 aliphatic heterocycles. The standard InChI is InChI=1S/C16H14ClN3O4S2/c17-15-4-2-1-3-12(15)11-25-16-18-9-10-19(16)26(23,24)14-7-5-13(6-8-14)20(21)22/h1-8H,9-11H2. The van der Waals surface area contributed by atoms with Gasteiger partial charge in [-0.15, -0.1) is 0 Å². The fourth-order valence-electron chi connectivity index (χ4n) is 2.38. The third kappa shape index (κ3) is 3.84. The van der Waals surface area contributed by atoms with Crippen LogP contribution in [0.4, 0.5) is 5.69 Å². The molecule has 0 aliphatic carbocycles. The Morgan fingerprint density at radius 1 is 1.19 bits per heavy atom. The van der Waals surface area contributed by atoms with Gasteiger partial charge in [-0.1, -0.05) is 41.6 Å². The van der Waals surface area contributed by atoms with E-state index in [2.05, 4.69) is 4.99 Å². The van der Waals surface area contributed by atoms with Crippen LogP contribution in [0.1, 0.15) is 5.56 Å². The molecule has 2 aromatic carbocycles. The molecule has 0 spiro atoms. The third-order valence-corrected chi connectivity index (χ3v) is 7.06. The van der Waals surface area contributed by atoms with E-state index in [-0.39, 0.29) is 17.1 Å². The maximum absolute atomic E-state index is 12.8. The van der Waals surface area contributed by atoms with Crippen molar-refractivity contribution in [3.63, 3.8) is 0 Å². The lowest BCUT2D eigenvalue weighted by Gasteiger charge is -2.20. The SMILES string of the molecule is O=[N+]([O-])c1ccc(S(=O)(=O)N2CCN=C2SCc2ccccc2Cl)cc1. The van der Waals surface area contributed by atoms with Crippen LogP contribution in [0.3, 0.4) is 0 Å². The van der Waals surface area contributed by atoms with Gasteiger partial charge in [-0.25, -0.2) is 12.7 Å². The van der Waals surface area contributed by atoms with Crippen LogP contribution in [0, 0.1) is 10.1 Å². The number of hydrogen-bond donors (Lipinski definition) is 0. The van der Waals surface area contributed by atoms with Crippen LogP contribution in [-0.4, -0.2) is 35.9 Å². The van der Waals surface area contributed by atoms with Crippen molar-refractivity contribution in [3.8, 4) is 0 Å². The van der Waals surface area contributed by atoms with Crippen molar-refractivity contribution >= 4 is 44.2 Å². The van der Waals surface area contributed by atoms with Gasteiger partial charge in [0.05, 0.1) is 22.9 Å². The monoisotopic (exact) mass is 411 g/mol. The van der Waals surface area contributed by atoms with Gasteiger partial charge in [0.15, 0.2) is 5.17 Å². The zero-order valence-electron chi connectivity index (χ0n) is 13.4. The summed E-state index contributed by atoms with van der Waals surface area (Å²) in [5, 5.41) is 11.7. The molecule has 3 rings (SSSR count). The molecule has 136 valence electrons. The summed E-state index contributed by atoms with van der Waals surface area (Å²) in [6.07, 6.45) is 0. The van der Waals surface area contributed by atoms with Crippen molar-refractivity contribution in [2.24, 2.45) is 4.99 Å². The predicted molar refractivity (Wildman–Crippen MR) is 102 cm³/mol. The number of benzene rings is 2. The molecular formula is C16H14ClN3O4S2. The van der Waals surface area contributed by atoms with Crippen LogP contribution < -0.4 is 0 Å². The molecule has 10 heteroatoms. The predicted octanol–water partition coefficient (Wildman–Crippen LogP) is 3.54. The first-order valence-electron chi connectivity index (χ1n) is 7.57.